The minimum atomic E-state index is 0.0257. The van der Waals surface area contributed by atoms with E-state index in [2.05, 4.69) is 34.1 Å². The van der Waals surface area contributed by atoms with Crippen LogP contribution in [0, 0.1) is 13.8 Å². The van der Waals surface area contributed by atoms with Gasteiger partial charge in [-0.1, -0.05) is 54.1 Å². The number of pyridine rings is 1. The standard InChI is InChI=1S/C45H48ClN3O5/c1-32(2)53-40-16-14-39(15-17-40)51-26-21-35-9-11-36(12-10-35)30-48-22-24-49(25-23-48)44(50)20-13-37-27-33(3)45(34(4)28-37)54-43-19-18-41(29-47-43)52-31-38-7-5-6-8-42(38)46/h5-20,27-29,32H,21-26,30-31H2,1-4H3/b20-13+. The minimum absolute atomic E-state index is 0.0257. The van der Waals surface area contributed by atoms with E-state index in [9.17, 15) is 4.79 Å². The zero-order chi connectivity index (χ0) is 37.9. The summed E-state index contributed by atoms with van der Waals surface area (Å²) >= 11 is 6.23. The van der Waals surface area contributed by atoms with Crippen LogP contribution in [0.4, 0.5) is 0 Å². The summed E-state index contributed by atoms with van der Waals surface area (Å²) in [5.41, 5.74) is 6.28. The van der Waals surface area contributed by atoms with Crippen LogP contribution in [0.1, 0.15) is 47.2 Å². The predicted molar refractivity (Wildman–Crippen MR) is 215 cm³/mol. The maximum atomic E-state index is 13.1. The molecule has 0 unspecified atom stereocenters. The third-order valence-electron chi connectivity index (χ3n) is 9.14. The molecule has 1 fully saturated rings. The SMILES string of the molecule is Cc1cc(/C=C/C(=O)N2CCN(Cc3ccc(CCOc4ccc(OC(C)C)cc4)cc3)CC2)cc(C)c1Oc1ccc(OCc2ccccc2Cl)cn1. The van der Waals surface area contributed by atoms with Crippen LogP contribution in [0.3, 0.4) is 0 Å². The lowest BCUT2D eigenvalue weighted by molar-refractivity contribution is -0.127. The molecule has 0 aliphatic carbocycles. The number of hydrogen-bond acceptors (Lipinski definition) is 7. The number of benzene rings is 4. The molecular formula is C45H48ClN3O5. The van der Waals surface area contributed by atoms with Crippen molar-refractivity contribution < 1.29 is 23.7 Å². The van der Waals surface area contributed by atoms with Gasteiger partial charge in [0.25, 0.3) is 0 Å². The Kier molecular flexibility index (Phi) is 13.3. The molecule has 0 spiro atoms. The molecule has 1 aliphatic rings. The zero-order valence-electron chi connectivity index (χ0n) is 31.5. The van der Waals surface area contributed by atoms with Crippen molar-refractivity contribution in [2.24, 2.45) is 0 Å². The van der Waals surface area contributed by atoms with Crippen molar-refractivity contribution in [1.82, 2.24) is 14.8 Å². The van der Waals surface area contributed by atoms with Crippen molar-refractivity contribution in [3.63, 3.8) is 0 Å². The van der Waals surface area contributed by atoms with Gasteiger partial charge in [0.1, 0.15) is 29.6 Å². The smallest absolute Gasteiger partial charge is 0.246 e. The van der Waals surface area contributed by atoms with Crippen LogP contribution in [-0.2, 0) is 24.4 Å². The average Bonchev–Trinajstić information content (AvgIpc) is 3.17. The van der Waals surface area contributed by atoms with E-state index < -0.39 is 0 Å². The Morgan fingerprint density at radius 2 is 1.48 bits per heavy atom. The van der Waals surface area contributed by atoms with Crippen LogP contribution in [-0.4, -0.2) is 59.6 Å². The molecule has 9 heteroatoms. The molecule has 2 heterocycles. The molecule has 0 atom stereocenters. The number of halogens is 1. The number of nitrogens with zero attached hydrogens (tertiary/aromatic N) is 3. The fourth-order valence-electron chi connectivity index (χ4n) is 6.28. The first-order valence-electron chi connectivity index (χ1n) is 18.5. The van der Waals surface area contributed by atoms with Crippen molar-refractivity contribution in [2.75, 3.05) is 32.8 Å². The summed E-state index contributed by atoms with van der Waals surface area (Å²) in [6.45, 7) is 12.9. The normalized spacial score (nSPS) is 13.3. The summed E-state index contributed by atoms with van der Waals surface area (Å²) < 4.78 is 23.6. The van der Waals surface area contributed by atoms with Gasteiger partial charge in [-0.25, -0.2) is 4.98 Å². The van der Waals surface area contributed by atoms with E-state index in [1.54, 1.807) is 18.3 Å². The summed E-state index contributed by atoms with van der Waals surface area (Å²) in [6, 6.07) is 31.8. The number of piperazine rings is 1. The number of carbonyl (C=O) groups excluding carboxylic acids is 1. The molecular weight excluding hydrogens is 698 g/mol. The van der Waals surface area contributed by atoms with E-state index in [0.29, 0.717) is 43.0 Å². The molecule has 0 bridgehead atoms. The van der Waals surface area contributed by atoms with Crippen molar-refractivity contribution in [1.29, 1.82) is 0 Å². The first-order chi connectivity index (χ1) is 26.2. The largest absolute Gasteiger partial charge is 0.493 e. The fraction of sp³-hybridized carbons (Fsp3) is 0.289. The second-order valence-corrected chi connectivity index (χ2v) is 14.2. The van der Waals surface area contributed by atoms with E-state index in [4.69, 9.17) is 30.5 Å². The van der Waals surface area contributed by atoms with Crippen LogP contribution in [0.15, 0.2) is 109 Å². The van der Waals surface area contributed by atoms with Crippen molar-refractivity contribution in [3.05, 3.63) is 148 Å². The Hall–Kier alpha value is -5.31. The Labute approximate surface area is 323 Å². The first-order valence-corrected chi connectivity index (χ1v) is 18.8. The fourth-order valence-corrected chi connectivity index (χ4v) is 6.47. The van der Waals surface area contributed by atoms with Gasteiger partial charge >= 0.3 is 0 Å². The molecule has 54 heavy (non-hydrogen) atoms. The molecule has 0 radical (unpaired) electrons. The Balaban J connectivity index is 0.918. The molecule has 8 nitrogen and oxygen atoms in total. The van der Waals surface area contributed by atoms with Gasteiger partial charge in [0.2, 0.25) is 11.8 Å². The maximum Gasteiger partial charge on any atom is 0.246 e. The Morgan fingerprint density at radius 1 is 0.815 bits per heavy atom. The second-order valence-electron chi connectivity index (χ2n) is 13.8. The highest BCUT2D eigenvalue weighted by atomic mass is 35.5. The highest BCUT2D eigenvalue weighted by Gasteiger charge is 2.20. The molecule has 1 amide bonds. The summed E-state index contributed by atoms with van der Waals surface area (Å²) in [5.74, 6) is 3.56. The van der Waals surface area contributed by atoms with E-state index in [1.165, 1.54) is 11.1 Å². The summed E-state index contributed by atoms with van der Waals surface area (Å²) in [7, 11) is 0. The minimum Gasteiger partial charge on any atom is -0.493 e. The van der Waals surface area contributed by atoms with Gasteiger partial charge in [-0.2, -0.15) is 0 Å². The summed E-state index contributed by atoms with van der Waals surface area (Å²) in [6.07, 6.45) is 6.18. The number of rotatable bonds is 15. The molecule has 0 saturated carbocycles. The van der Waals surface area contributed by atoms with E-state index in [-0.39, 0.29) is 12.0 Å². The van der Waals surface area contributed by atoms with Crippen LogP contribution >= 0.6 is 11.6 Å². The van der Waals surface area contributed by atoms with Gasteiger partial charge in [0, 0.05) is 61.9 Å². The lowest BCUT2D eigenvalue weighted by atomic mass is 10.1. The molecule has 1 aromatic heterocycles. The topological polar surface area (TPSA) is 73.4 Å². The van der Waals surface area contributed by atoms with Crippen LogP contribution in [0.25, 0.3) is 6.08 Å². The molecule has 0 N–H and O–H groups in total. The molecule has 4 aromatic carbocycles. The van der Waals surface area contributed by atoms with Gasteiger partial charge in [-0.3, -0.25) is 9.69 Å². The highest BCUT2D eigenvalue weighted by molar-refractivity contribution is 6.31. The van der Waals surface area contributed by atoms with Gasteiger partial charge in [0.15, 0.2) is 0 Å². The highest BCUT2D eigenvalue weighted by Crippen LogP contribution is 2.30. The Bertz CT molecular complexity index is 1980. The van der Waals surface area contributed by atoms with E-state index in [0.717, 1.165) is 65.6 Å². The third-order valence-corrected chi connectivity index (χ3v) is 9.51. The maximum absolute atomic E-state index is 13.1. The van der Waals surface area contributed by atoms with Crippen molar-refractivity contribution in [2.45, 2.75) is 53.4 Å². The van der Waals surface area contributed by atoms with Gasteiger partial charge in [-0.05, 0) is 110 Å². The third kappa shape index (κ3) is 11.1. The van der Waals surface area contributed by atoms with Crippen LogP contribution < -0.4 is 18.9 Å². The second kappa shape index (κ2) is 18.6. The molecule has 1 saturated heterocycles. The molecule has 280 valence electrons. The van der Waals surface area contributed by atoms with Crippen LogP contribution in [0.5, 0.6) is 28.9 Å². The van der Waals surface area contributed by atoms with Gasteiger partial charge < -0.3 is 23.8 Å². The van der Waals surface area contributed by atoms with E-state index in [1.807, 2.05) is 105 Å². The number of aromatic nitrogens is 1. The lowest BCUT2D eigenvalue weighted by Gasteiger charge is -2.34. The Morgan fingerprint density at radius 3 is 2.15 bits per heavy atom. The van der Waals surface area contributed by atoms with Gasteiger partial charge in [-0.15, -0.1) is 0 Å². The number of carbonyl (C=O) groups is 1. The quantitative estimate of drug-likeness (QED) is 0.0989. The lowest BCUT2D eigenvalue weighted by Crippen LogP contribution is -2.47. The number of ether oxygens (including phenoxy) is 4. The zero-order valence-corrected chi connectivity index (χ0v) is 32.2. The number of amides is 1. The monoisotopic (exact) mass is 745 g/mol. The van der Waals surface area contributed by atoms with Crippen LogP contribution in [0.2, 0.25) is 5.02 Å². The van der Waals surface area contributed by atoms with Gasteiger partial charge in [0.05, 0.1) is 18.9 Å². The van der Waals surface area contributed by atoms with Crippen molar-refractivity contribution >= 4 is 23.6 Å². The first kappa shape index (κ1) is 38.4. The molecule has 5 aromatic rings. The molecule has 6 rings (SSSR count). The predicted octanol–water partition coefficient (Wildman–Crippen LogP) is 9.49. The summed E-state index contributed by atoms with van der Waals surface area (Å²) in [4.78, 5) is 21.9. The average molecular weight is 746 g/mol. The number of hydrogen-bond donors (Lipinski definition) is 0. The number of aryl methyl sites for hydroxylation is 2. The van der Waals surface area contributed by atoms with Crippen molar-refractivity contribution in [3.8, 4) is 28.9 Å². The summed E-state index contributed by atoms with van der Waals surface area (Å²) in [5, 5.41) is 0.668. The van der Waals surface area contributed by atoms with E-state index >= 15 is 0 Å². The molecule has 1 aliphatic heterocycles.